The Morgan fingerprint density at radius 3 is 0.955 bits per heavy atom. The van der Waals surface area contributed by atoms with Gasteiger partial charge in [0.25, 0.3) is 0 Å². The van der Waals surface area contributed by atoms with Gasteiger partial charge in [-0.15, -0.1) is 0 Å². The van der Waals surface area contributed by atoms with Gasteiger partial charge in [0.2, 0.25) is 0 Å². The summed E-state index contributed by atoms with van der Waals surface area (Å²) < 4.78 is 67.1. The van der Waals surface area contributed by atoms with Gasteiger partial charge < -0.3 is 151 Å². The van der Waals surface area contributed by atoms with E-state index in [1.54, 1.807) is 26.7 Å². The summed E-state index contributed by atoms with van der Waals surface area (Å²) in [4.78, 5) is 10.3. The van der Waals surface area contributed by atoms with Crippen LogP contribution < -0.4 is 0 Å². The summed E-state index contributed by atoms with van der Waals surface area (Å²) in [6, 6.07) is -3.49. The summed E-state index contributed by atoms with van der Waals surface area (Å²) in [7, 11) is 1.56. The fraction of sp³-hybridized carbons (Fsp3) is 1.00. The Kier molecular flexibility index (Phi) is 43.0. The number of likely N-dealkylation sites (tertiary alicyclic amines) is 6. The maximum Gasteiger partial charge on any atom is 0.411 e. The van der Waals surface area contributed by atoms with Crippen LogP contribution in [0.5, 0.6) is 0 Å². The second-order valence-electron chi connectivity index (χ2n) is 32.0. The third-order valence-corrected chi connectivity index (χ3v) is 23.9. The SMILES string of the molecule is CCOCCN1C[C@H](O)[C@@H](O)[C@H](O)[C@H]1CO.COCCN1C[C@H](O)[C@@H](O)[C@H](O)[C@H]1CO.OC[C@@H]1[C@@H](O)[C@H](O)[C@@H](O)CN1CC1CCCO1.OC[C@@H]1[C@@H](O)[C@H](O)[C@@H](O)CN1CCCCOCC12CC3CC(CC(C3)C1)C2.OC[C@@H]1[C@@H](O)[C@H](O)[C@@H](O)CN1CCOCC(F)(F)F.OC[C@@H]1[C@@H](O)[C@H](O)[C@@H](O)CN1C[C@@H]1CCCO1. The molecule has 12 aliphatic rings. The third kappa shape index (κ3) is 28.8. The largest absolute Gasteiger partial charge is 0.411 e. The molecule has 0 aromatic carbocycles. The van der Waals surface area contributed by atoms with Crippen molar-refractivity contribution in [2.75, 3.05) is 185 Å². The average Bonchev–Trinajstić information content (AvgIpc) is 1.19. The number of nitrogens with zero attached hydrogens (tertiary/aromatic N) is 6. The number of β-amino-alcohol motifs (C(OH)–C–C–N with tert-alkyl or cyclic N) is 6. The van der Waals surface area contributed by atoms with Crippen LogP contribution in [0.4, 0.5) is 13.2 Å². The van der Waals surface area contributed by atoms with E-state index < -0.39 is 166 Å². The Labute approximate surface area is 647 Å². The monoisotopic (exact) mass is 1620 g/mol. The quantitative estimate of drug-likeness (QED) is 0.0324. The molecule has 0 aromatic rings. The zero-order valence-corrected chi connectivity index (χ0v) is 64.3. The minimum atomic E-state index is -4.41. The standard InChI is InChI=1S/C21H37NO5.2C11H21NO5.C10H18F3NO5.C10H21NO5.C9H19NO5/c23-12-17-19(25)20(26)18(24)11-22(17)3-1-2-4-27-13-21-8-14-5-15(9-21)7-16(6-14)10-21;2*13-6-8-10(15)11(16)9(14)5-12(8)4-7-2-1-3-17-7;11-10(12,13)5-19-2-1-14-3-7(16)9(18)8(17)6(14)4-15;1-2-16-4-3-11-5-8(13)10(15)9(14)7(11)6-12;1-15-3-2-10-4-7(12)9(14)8(13)6(10)5-11/h14-20,23-26H,1-13H2;2*7-11,13-16H,1-6H2;6-9,15-18H,1-5H2;7-10,12-15H,2-6H2,1H3;6-9,11-14H,2-5H2,1H3/t14?,15?,16?,17-,18+,19-,20-,21?;7?,8-,9+,10-,11-;7-,8+,9-,10+,11+;6-,7+,8-,9-;7-,8+,9-,10-;6-,7+,8-,9-/m110111/s1. The molecule has 0 amide bonds. The van der Waals surface area contributed by atoms with Crippen molar-refractivity contribution in [3.05, 3.63) is 0 Å². The molecule has 26 atom stereocenters. The van der Waals surface area contributed by atoms with Crippen LogP contribution in [0.1, 0.15) is 84.0 Å². The highest BCUT2D eigenvalue weighted by atomic mass is 19.4. The number of aliphatic hydroxyl groups is 24. The van der Waals surface area contributed by atoms with E-state index in [0.717, 1.165) is 82.7 Å². The molecule has 39 heteroatoms. The van der Waals surface area contributed by atoms with E-state index in [1.807, 2.05) is 11.8 Å². The summed E-state index contributed by atoms with van der Waals surface area (Å²) in [6.45, 7) is 7.32. The highest BCUT2D eigenvalue weighted by Crippen LogP contribution is 2.60. The lowest BCUT2D eigenvalue weighted by molar-refractivity contribution is -0.179. The fourth-order valence-electron chi connectivity index (χ4n) is 18.0. The Bertz CT molecular complexity index is 2410. The molecule has 36 nitrogen and oxygen atoms in total. The van der Waals surface area contributed by atoms with Crippen LogP contribution in [0.15, 0.2) is 0 Å². The second-order valence-corrected chi connectivity index (χ2v) is 32.0. The average molecular weight is 1620 g/mol. The highest BCUT2D eigenvalue weighted by molar-refractivity contribution is 5.03. The Balaban J connectivity index is 0.000000211. The predicted octanol–water partition coefficient (Wildman–Crippen LogP) is -9.89. The zero-order valence-electron chi connectivity index (χ0n) is 64.3. The van der Waals surface area contributed by atoms with Gasteiger partial charge in [-0.05, 0) is 114 Å². The molecule has 4 aliphatic carbocycles. The molecule has 8 saturated heterocycles. The van der Waals surface area contributed by atoms with E-state index >= 15 is 0 Å². The molecule has 24 N–H and O–H groups in total. The molecule has 8 heterocycles. The van der Waals surface area contributed by atoms with E-state index in [0.29, 0.717) is 58.0 Å². The van der Waals surface area contributed by atoms with E-state index in [1.165, 1.54) is 43.4 Å². The van der Waals surface area contributed by atoms with Crippen molar-refractivity contribution in [1.82, 2.24) is 29.4 Å². The van der Waals surface area contributed by atoms with Gasteiger partial charge in [-0.1, -0.05) is 0 Å². The number of hydrogen-bond donors (Lipinski definition) is 24. The van der Waals surface area contributed by atoms with E-state index in [9.17, 15) is 120 Å². The molecule has 12 rings (SSSR count). The maximum absolute atomic E-state index is 11.8. The van der Waals surface area contributed by atoms with Gasteiger partial charge in [-0.2, -0.15) is 13.2 Å². The van der Waals surface area contributed by atoms with Crippen LogP contribution in [0, 0.1) is 23.2 Å². The number of rotatable bonds is 28. The van der Waals surface area contributed by atoms with Gasteiger partial charge in [-0.25, -0.2) is 0 Å². The van der Waals surface area contributed by atoms with Crippen molar-refractivity contribution in [3.63, 3.8) is 0 Å². The number of hydrogen-bond acceptors (Lipinski definition) is 36. The molecule has 0 aromatic heterocycles. The van der Waals surface area contributed by atoms with E-state index in [4.69, 9.17) is 39.0 Å². The molecule has 1 unspecified atom stereocenters. The normalized spacial score (nSPS) is 41.1. The first-order chi connectivity index (χ1) is 52.7. The third-order valence-electron chi connectivity index (χ3n) is 23.9. The molecule has 0 spiro atoms. The highest BCUT2D eigenvalue weighted by Gasteiger charge is 2.52. The number of alkyl halides is 3. The number of methoxy groups -OCH3 is 1. The Morgan fingerprint density at radius 1 is 0.369 bits per heavy atom. The van der Waals surface area contributed by atoms with E-state index in [-0.39, 0.29) is 97.7 Å². The molecule has 0 radical (unpaired) electrons. The van der Waals surface area contributed by atoms with Gasteiger partial charge in [0, 0.05) is 106 Å². The number of piperidine rings is 6. The van der Waals surface area contributed by atoms with Gasteiger partial charge in [0.15, 0.2) is 0 Å². The first kappa shape index (κ1) is 98.2. The van der Waals surface area contributed by atoms with Crippen LogP contribution in [-0.2, 0) is 28.4 Å². The summed E-state index contributed by atoms with van der Waals surface area (Å²) in [6.07, 6.45) is -10.3. The van der Waals surface area contributed by atoms with Gasteiger partial charge in [0.05, 0.1) is 151 Å². The van der Waals surface area contributed by atoms with Crippen LogP contribution in [0.2, 0.25) is 0 Å². The summed E-state index contributed by atoms with van der Waals surface area (Å²) in [5, 5.41) is 229. The topological polar surface area (TPSA) is 560 Å². The van der Waals surface area contributed by atoms with Crippen molar-refractivity contribution < 1.29 is 164 Å². The molecule has 111 heavy (non-hydrogen) atoms. The van der Waals surface area contributed by atoms with Gasteiger partial charge >= 0.3 is 6.18 Å². The molecular formula is C72H137F3N6O30. The zero-order chi connectivity index (χ0) is 82.0. The second kappa shape index (κ2) is 48.6. The summed E-state index contributed by atoms with van der Waals surface area (Å²) in [5.41, 5.74) is 0.466. The van der Waals surface area contributed by atoms with Crippen LogP contribution in [-0.4, -0.2) is 501 Å². The van der Waals surface area contributed by atoms with Crippen molar-refractivity contribution in [2.24, 2.45) is 23.2 Å². The molecule has 4 bridgehead atoms. The molecule has 4 saturated carbocycles. The minimum absolute atomic E-state index is 0.00213. The van der Waals surface area contributed by atoms with Crippen LogP contribution in [0.25, 0.3) is 0 Å². The minimum Gasteiger partial charge on any atom is -0.395 e. The fourth-order valence-corrected chi connectivity index (χ4v) is 18.0. The first-order valence-electron chi connectivity index (χ1n) is 39.6. The first-order valence-corrected chi connectivity index (χ1v) is 39.6. The maximum atomic E-state index is 11.8. The number of aliphatic hydroxyl groups excluding tert-OH is 24. The number of unbranched alkanes of at least 4 members (excludes halogenated alkanes) is 1. The molecule has 12 fully saturated rings. The lowest BCUT2D eigenvalue weighted by Crippen LogP contribution is -2.63. The van der Waals surface area contributed by atoms with Gasteiger partial charge in [-0.3, -0.25) is 29.4 Å². The summed E-state index contributed by atoms with van der Waals surface area (Å²) in [5.74, 6) is 2.88. The number of halogens is 3. The van der Waals surface area contributed by atoms with Crippen molar-refractivity contribution >= 4 is 0 Å². The van der Waals surface area contributed by atoms with Crippen molar-refractivity contribution in [2.45, 2.75) is 248 Å². The van der Waals surface area contributed by atoms with Crippen molar-refractivity contribution in [1.29, 1.82) is 0 Å². The van der Waals surface area contributed by atoms with E-state index in [2.05, 4.69) is 4.74 Å². The Morgan fingerprint density at radius 2 is 0.667 bits per heavy atom. The summed E-state index contributed by atoms with van der Waals surface area (Å²) >= 11 is 0. The van der Waals surface area contributed by atoms with Gasteiger partial charge in [0.1, 0.15) is 79.9 Å². The molecular weight excluding hydrogens is 1490 g/mol. The molecule has 8 aliphatic heterocycles. The predicted molar refractivity (Wildman–Crippen MR) is 387 cm³/mol. The Hall–Kier alpha value is -1.65. The van der Waals surface area contributed by atoms with Crippen LogP contribution in [0.3, 0.4) is 0 Å². The lowest BCUT2D eigenvalue weighted by Gasteiger charge is -2.56. The smallest absolute Gasteiger partial charge is 0.395 e. The van der Waals surface area contributed by atoms with Crippen molar-refractivity contribution in [3.8, 4) is 0 Å². The lowest BCUT2D eigenvalue weighted by atomic mass is 9.50. The molecule has 656 valence electrons. The van der Waals surface area contributed by atoms with Crippen LogP contribution >= 0.6 is 0 Å². The number of ether oxygens (including phenoxy) is 6.